The number of halogens is 1. The lowest BCUT2D eigenvalue weighted by Gasteiger charge is -1.98. The molecule has 1 rings (SSSR count). The lowest BCUT2D eigenvalue weighted by Crippen LogP contribution is -1.87. The summed E-state index contributed by atoms with van der Waals surface area (Å²) >= 11 is 3.16. The SMILES string of the molecule is Nc1cccc(C#CCBr)c1O. The highest BCUT2D eigenvalue weighted by Crippen LogP contribution is 2.22. The standard InChI is InChI=1S/C9H8BrNO/c10-6-2-4-7-3-1-5-8(11)9(7)12/h1,3,5,12H,6,11H2. The molecule has 0 fully saturated rings. The van der Waals surface area contributed by atoms with Crippen LogP contribution >= 0.6 is 15.9 Å². The first kappa shape index (κ1) is 8.95. The Morgan fingerprint density at radius 1 is 1.50 bits per heavy atom. The molecule has 0 spiro atoms. The monoisotopic (exact) mass is 225 g/mol. The number of para-hydroxylation sites is 1. The molecule has 0 aliphatic carbocycles. The van der Waals surface area contributed by atoms with E-state index in [9.17, 15) is 5.11 Å². The summed E-state index contributed by atoms with van der Waals surface area (Å²) in [6.07, 6.45) is 0. The van der Waals surface area contributed by atoms with Crippen LogP contribution in [0, 0.1) is 11.8 Å². The summed E-state index contributed by atoms with van der Waals surface area (Å²) in [5.74, 6) is 5.62. The molecule has 0 heterocycles. The number of rotatable bonds is 0. The molecule has 0 aliphatic heterocycles. The van der Waals surface area contributed by atoms with Gasteiger partial charge < -0.3 is 10.8 Å². The molecule has 0 saturated heterocycles. The van der Waals surface area contributed by atoms with Gasteiger partial charge in [0.1, 0.15) is 0 Å². The van der Waals surface area contributed by atoms with E-state index >= 15 is 0 Å². The molecule has 2 nitrogen and oxygen atoms in total. The van der Waals surface area contributed by atoms with Crippen molar-refractivity contribution in [3.05, 3.63) is 23.8 Å². The lowest BCUT2D eigenvalue weighted by molar-refractivity contribution is 0.476. The van der Waals surface area contributed by atoms with Gasteiger partial charge in [-0.2, -0.15) is 0 Å². The highest BCUT2D eigenvalue weighted by molar-refractivity contribution is 9.09. The van der Waals surface area contributed by atoms with Gasteiger partial charge in [0.25, 0.3) is 0 Å². The second kappa shape index (κ2) is 4.03. The van der Waals surface area contributed by atoms with Crippen molar-refractivity contribution in [2.45, 2.75) is 0 Å². The quantitative estimate of drug-likeness (QED) is 0.306. The Hall–Kier alpha value is -1.14. The molecule has 12 heavy (non-hydrogen) atoms. The van der Waals surface area contributed by atoms with E-state index in [-0.39, 0.29) is 5.75 Å². The Balaban J connectivity index is 3.08. The number of phenolic OH excluding ortho intramolecular Hbond substituents is 1. The van der Waals surface area contributed by atoms with Crippen molar-refractivity contribution in [2.75, 3.05) is 11.1 Å². The number of anilines is 1. The normalized spacial score (nSPS) is 8.75. The molecular formula is C9H8BrNO. The number of phenols is 1. The largest absolute Gasteiger partial charge is 0.505 e. The second-order valence-corrected chi connectivity index (χ2v) is 2.74. The first-order valence-corrected chi connectivity index (χ1v) is 4.50. The summed E-state index contributed by atoms with van der Waals surface area (Å²) in [5, 5.41) is 9.97. The van der Waals surface area contributed by atoms with Crippen molar-refractivity contribution in [3.63, 3.8) is 0 Å². The minimum atomic E-state index is 0.0611. The highest BCUT2D eigenvalue weighted by atomic mass is 79.9. The molecule has 1 aromatic rings. The number of benzene rings is 1. The van der Waals surface area contributed by atoms with E-state index in [0.29, 0.717) is 16.6 Å². The number of nitrogen functional groups attached to an aromatic ring is 1. The Kier molecular flexibility index (Phi) is 3.01. The van der Waals surface area contributed by atoms with Crippen LogP contribution < -0.4 is 5.73 Å². The molecule has 3 heteroatoms. The maximum absolute atomic E-state index is 9.38. The Bertz CT molecular complexity index is 338. The lowest BCUT2D eigenvalue weighted by atomic mass is 10.2. The van der Waals surface area contributed by atoms with Crippen LogP contribution in [0.5, 0.6) is 5.75 Å². The van der Waals surface area contributed by atoms with Gasteiger partial charge in [-0.05, 0) is 12.1 Å². The first-order valence-electron chi connectivity index (χ1n) is 3.38. The van der Waals surface area contributed by atoms with Gasteiger partial charge in [-0.3, -0.25) is 0 Å². The van der Waals surface area contributed by atoms with Gasteiger partial charge in [-0.15, -0.1) is 0 Å². The zero-order valence-electron chi connectivity index (χ0n) is 6.34. The van der Waals surface area contributed by atoms with Crippen molar-refractivity contribution in [1.29, 1.82) is 0 Å². The van der Waals surface area contributed by atoms with Crippen LogP contribution in [0.3, 0.4) is 0 Å². The number of aromatic hydroxyl groups is 1. The summed E-state index contributed by atoms with van der Waals surface area (Å²) in [7, 11) is 0. The predicted molar refractivity (Wildman–Crippen MR) is 53.2 cm³/mol. The third-order valence-corrected chi connectivity index (χ3v) is 1.64. The van der Waals surface area contributed by atoms with Gasteiger partial charge in [0.15, 0.2) is 5.75 Å². The zero-order valence-corrected chi connectivity index (χ0v) is 7.93. The molecule has 3 N–H and O–H groups in total. The van der Waals surface area contributed by atoms with E-state index in [1.54, 1.807) is 18.2 Å². The first-order chi connectivity index (χ1) is 5.75. The fourth-order valence-electron chi connectivity index (χ4n) is 0.791. The van der Waals surface area contributed by atoms with Crippen molar-refractivity contribution in [2.24, 2.45) is 0 Å². The van der Waals surface area contributed by atoms with Crippen LogP contribution in [0.2, 0.25) is 0 Å². The minimum absolute atomic E-state index is 0.0611. The fraction of sp³-hybridized carbons (Fsp3) is 0.111. The Morgan fingerprint density at radius 3 is 2.92 bits per heavy atom. The summed E-state index contributed by atoms with van der Waals surface area (Å²) in [6, 6.07) is 5.11. The topological polar surface area (TPSA) is 46.2 Å². The van der Waals surface area contributed by atoms with E-state index in [1.807, 2.05) is 0 Å². The van der Waals surface area contributed by atoms with E-state index in [4.69, 9.17) is 5.73 Å². The summed E-state index contributed by atoms with van der Waals surface area (Å²) in [4.78, 5) is 0. The van der Waals surface area contributed by atoms with Gasteiger partial charge in [-0.25, -0.2) is 0 Å². The zero-order chi connectivity index (χ0) is 8.97. The van der Waals surface area contributed by atoms with Gasteiger partial charge >= 0.3 is 0 Å². The molecule has 0 aromatic heterocycles. The summed E-state index contributed by atoms with van der Waals surface area (Å²) < 4.78 is 0. The molecule has 0 aliphatic rings. The molecule has 0 bridgehead atoms. The predicted octanol–water partition coefficient (Wildman–Crippen LogP) is 1.72. The number of nitrogens with two attached hydrogens (primary N) is 1. The maximum atomic E-state index is 9.38. The molecule has 0 unspecified atom stereocenters. The number of alkyl halides is 1. The average Bonchev–Trinajstić information content (AvgIpc) is 2.08. The molecule has 1 aromatic carbocycles. The van der Waals surface area contributed by atoms with Crippen LogP contribution in [0.4, 0.5) is 5.69 Å². The van der Waals surface area contributed by atoms with Crippen molar-refractivity contribution in [1.82, 2.24) is 0 Å². The van der Waals surface area contributed by atoms with E-state index in [0.717, 1.165) is 0 Å². The van der Waals surface area contributed by atoms with Gasteiger partial charge in [0.05, 0.1) is 16.6 Å². The van der Waals surface area contributed by atoms with Crippen LogP contribution in [-0.4, -0.2) is 10.4 Å². The van der Waals surface area contributed by atoms with Gasteiger partial charge in [0.2, 0.25) is 0 Å². The van der Waals surface area contributed by atoms with Crippen LogP contribution in [0.1, 0.15) is 5.56 Å². The van der Waals surface area contributed by atoms with E-state index < -0.39 is 0 Å². The summed E-state index contributed by atoms with van der Waals surface area (Å²) in [5.41, 5.74) is 6.38. The van der Waals surface area contributed by atoms with Crippen LogP contribution in [0.15, 0.2) is 18.2 Å². The maximum Gasteiger partial charge on any atom is 0.154 e. The third kappa shape index (κ3) is 1.93. The van der Waals surface area contributed by atoms with Crippen molar-refractivity contribution in [3.8, 4) is 17.6 Å². The molecule has 0 amide bonds. The molecule has 0 atom stereocenters. The summed E-state index contributed by atoms with van der Waals surface area (Å²) in [6.45, 7) is 0. The Labute approximate surface area is 79.5 Å². The van der Waals surface area contributed by atoms with Crippen LogP contribution in [0.25, 0.3) is 0 Å². The van der Waals surface area contributed by atoms with Crippen LogP contribution in [-0.2, 0) is 0 Å². The fourth-order valence-corrected chi connectivity index (χ4v) is 0.931. The number of hydrogen-bond donors (Lipinski definition) is 2. The van der Waals surface area contributed by atoms with E-state index in [1.165, 1.54) is 0 Å². The van der Waals surface area contributed by atoms with E-state index in [2.05, 4.69) is 27.8 Å². The van der Waals surface area contributed by atoms with Gasteiger partial charge in [-0.1, -0.05) is 33.8 Å². The van der Waals surface area contributed by atoms with Gasteiger partial charge in [0, 0.05) is 0 Å². The highest BCUT2D eigenvalue weighted by Gasteiger charge is 1.99. The third-order valence-electron chi connectivity index (χ3n) is 1.36. The average molecular weight is 226 g/mol. The Morgan fingerprint density at radius 2 is 2.25 bits per heavy atom. The molecule has 62 valence electrons. The minimum Gasteiger partial charge on any atom is -0.505 e. The second-order valence-electron chi connectivity index (χ2n) is 2.18. The molecule has 0 saturated carbocycles. The smallest absolute Gasteiger partial charge is 0.154 e. The van der Waals surface area contributed by atoms with Crippen molar-refractivity contribution < 1.29 is 5.11 Å². The number of hydrogen-bond acceptors (Lipinski definition) is 2. The molecule has 0 radical (unpaired) electrons. The molecular weight excluding hydrogens is 218 g/mol. The van der Waals surface area contributed by atoms with Crippen molar-refractivity contribution >= 4 is 21.6 Å².